The SMILES string of the molecule is Cc1cn([C@H](C(=O)N2CCC[C@H]2C(=O)N[C@@H](CO)c2ccc(-c3cccc(F)c3F)cc2)C(C)C)cn1. The van der Waals surface area contributed by atoms with Crippen LogP contribution in [0.25, 0.3) is 11.1 Å². The molecule has 1 saturated heterocycles. The van der Waals surface area contributed by atoms with Crippen LogP contribution in [0.1, 0.15) is 50.0 Å². The fraction of sp³-hybridized carbons (Fsp3) is 0.393. The second-order valence-corrected chi connectivity index (χ2v) is 9.81. The largest absolute Gasteiger partial charge is 0.394 e. The van der Waals surface area contributed by atoms with Crippen molar-refractivity contribution in [2.45, 2.75) is 51.7 Å². The quantitative estimate of drug-likeness (QED) is 0.476. The maximum absolute atomic E-state index is 14.2. The predicted octanol–water partition coefficient (Wildman–Crippen LogP) is 4.17. The number of carbonyl (C=O) groups is 2. The highest BCUT2D eigenvalue weighted by atomic mass is 19.2. The van der Waals surface area contributed by atoms with Gasteiger partial charge in [-0.3, -0.25) is 9.59 Å². The fourth-order valence-electron chi connectivity index (χ4n) is 4.95. The van der Waals surface area contributed by atoms with E-state index in [4.69, 9.17) is 0 Å². The highest BCUT2D eigenvalue weighted by Crippen LogP contribution is 2.29. The second-order valence-electron chi connectivity index (χ2n) is 9.81. The van der Waals surface area contributed by atoms with Crippen molar-refractivity contribution in [3.63, 3.8) is 0 Å². The molecule has 3 atom stereocenters. The summed E-state index contributed by atoms with van der Waals surface area (Å²) < 4.78 is 29.6. The summed E-state index contributed by atoms with van der Waals surface area (Å²) in [6.07, 6.45) is 4.70. The lowest BCUT2D eigenvalue weighted by Crippen LogP contribution is -2.49. The molecule has 0 bridgehead atoms. The van der Waals surface area contributed by atoms with E-state index in [1.165, 1.54) is 12.1 Å². The Labute approximate surface area is 215 Å². The number of hydrogen-bond donors (Lipinski definition) is 2. The van der Waals surface area contributed by atoms with E-state index in [9.17, 15) is 23.5 Å². The van der Waals surface area contributed by atoms with Gasteiger partial charge < -0.3 is 19.9 Å². The number of aryl methyl sites for hydroxylation is 1. The molecule has 2 amide bonds. The number of benzene rings is 2. The predicted molar refractivity (Wildman–Crippen MR) is 135 cm³/mol. The number of nitrogens with one attached hydrogen (secondary N) is 1. The summed E-state index contributed by atoms with van der Waals surface area (Å²) in [6, 6.07) is 8.71. The number of imidazole rings is 1. The third-order valence-electron chi connectivity index (χ3n) is 6.85. The van der Waals surface area contributed by atoms with E-state index in [2.05, 4.69) is 10.3 Å². The molecule has 37 heavy (non-hydrogen) atoms. The molecule has 2 aromatic carbocycles. The molecule has 7 nitrogen and oxygen atoms in total. The number of amides is 2. The summed E-state index contributed by atoms with van der Waals surface area (Å²) in [6.45, 7) is 5.91. The van der Waals surface area contributed by atoms with E-state index in [0.717, 1.165) is 11.8 Å². The smallest absolute Gasteiger partial charge is 0.246 e. The molecule has 1 fully saturated rings. The van der Waals surface area contributed by atoms with Gasteiger partial charge in [0.2, 0.25) is 11.8 Å². The van der Waals surface area contributed by atoms with Gasteiger partial charge in [-0.1, -0.05) is 50.2 Å². The average Bonchev–Trinajstić information content (AvgIpc) is 3.54. The van der Waals surface area contributed by atoms with Crippen molar-refractivity contribution in [3.8, 4) is 11.1 Å². The monoisotopic (exact) mass is 510 g/mol. The summed E-state index contributed by atoms with van der Waals surface area (Å²) in [5.74, 6) is -2.34. The first-order valence-corrected chi connectivity index (χ1v) is 12.5. The maximum Gasteiger partial charge on any atom is 0.246 e. The van der Waals surface area contributed by atoms with E-state index in [0.29, 0.717) is 30.5 Å². The molecule has 9 heteroatoms. The van der Waals surface area contributed by atoms with E-state index in [1.807, 2.05) is 27.0 Å². The molecule has 2 heterocycles. The van der Waals surface area contributed by atoms with Crippen molar-refractivity contribution in [1.29, 1.82) is 0 Å². The lowest BCUT2D eigenvalue weighted by Gasteiger charge is -2.31. The van der Waals surface area contributed by atoms with Crippen molar-refractivity contribution in [3.05, 3.63) is 77.9 Å². The standard InChI is InChI=1S/C28H32F2N4O3/c1-17(2)26(33-14-18(3)31-16-33)28(37)34-13-5-8-24(34)27(36)32-23(15-35)20-11-9-19(10-12-20)21-6-4-7-22(29)25(21)30/h4,6-7,9-12,14,16-17,23-24,26,35H,5,8,13,15H2,1-3H3,(H,32,36)/t23-,24-,26-/m0/s1. The molecule has 0 unspecified atom stereocenters. The summed E-state index contributed by atoms with van der Waals surface area (Å²) in [5, 5.41) is 12.9. The number of hydrogen-bond acceptors (Lipinski definition) is 4. The van der Waals surface area contributed by atoms with Crippen LogP contribution >= 0.6 is 0 Å². The zero-order valence-corrected chi connectivity index (χ0v) is 21.2. The number of carbonyl (C=O) groups excluding carboxylic acids is 2. The third-order valence-corrected chi connectivity index (χ3v) is 6.85. The molecule has 0 saturated carbocycles. The van der Waals surface area contributed by atoms with Gasteiger partial charge in [0.15, 0.2) is 11.6 Å². The van der Waals surface area contributed by atoms with Crippen molar-refractivity contribution in [2.24, 2.45) is 5.92 Å². The van der Waals surface area contributed by atoms with Crippen LogP contribution in [0, 0.1) is 24.5 Å². The number of likely N-dealkylation sites (tertiary alicyclic amines) is 1. The van der Waals surface area contributed by atoms with Gasteiger partial charge in [0.05, 0.1) is 24.7 Å². The van der Waals surface area contributed by atoms with E-state index in [-0.39, 0.29) is 29.9 Å². The number of rotatable bonds is 8. The van der Waals surface area contributed by atoms with Crippen LogP contribution in [0.3, 0.4) is 0 Å². The zero-order chi connectivity index (χ0) is 26.7. The van der Waals surface area contributed by atoms with Crippen molar-refractivity contribution in [1.82, 2.24) is 19.8 Å². The topological polar surface area (TPSA) is 87.5 Å². The van der Waals surface area contributed by atoms with Gasteiger partial charge in [-0.05, 0) is 42.9 Å². The molecular weight excluding hydrogens is 478 g/mol. The molecule has 4 rings (SSSR count). The van der Waals surface area contributed by atoms with Crippen LogP contribution in [-0.4, -0.2) is 50.6 Å². The molecule has 0 spiro atoms. The molecular formula is C28H32F2N4O3. The van der Waals surface area contributed by atoms with Crippen LogP contribution in [-0.2, 0) is 9.59 Å². The Kier molecular flexibility index (Phi) is 8.02. The number of aromatic nitrogens is 2. The van der Waals surface area contributed by atoms with Gasteiger partial charge in [-0.15, -0.1) is 0 Å². The van der Waals surface area contributed by atoms with Crippen LogP contribution in [0.4, 0.5) is 8.78 Å². The molecule has 1 aromatic heterocycles. The minimum Gasteiger partial charge on any atom is -0.394 e. The first kappa shape index (κ1) is 26.5. The molecule has 2 N–H and O–H groups in total. The van der Waals surface area contributed by atoms with Crippen LogP contribution in [0.5, 0.6) is 0 Å². The molecule has 1 aliphatic heterocycles. The Balaban J connectivity index is 1.48. The highest BCUT2D eigenvalue weighted by Gasteiger charge is 2.39. The summed E-state index contributed by atoms with van der Waals surface area (Å²) in [7, 11) is 0. The van der Waals surface area contributed by atoms with Crippen molar-refractivity contribution < 1.29 is 23.5 Å². The second kappa shape index (κ2) is 11.2. The normalized spacial score (nSPS) is 17.2. The van der Waals surface area contributed by atoms with Crippen molar-refractivity contribution in [2.75, 3.05) is 13.2 Å². The Bertz CT molecular complexity index is 1260. The van der Waals surface area contributed by atoms with E-state index < -0.39 is 29.8 Å². The van der Waals surface area contributed by atoms with Crippen LogP contribution < -0.4 is 5.32 Å². The first-order valence-electron chi connectivity index (χ1n) is 12.5. The Hall–Kier alpha value is -3.59. The first-order chi connectivity index (χ1) is 17.7. The summed E-state index contributed by atoms with van der Waals surface area (Å²) in [4.78, 5) is 32.7. The molecule has 3 aromatic rings. The number of halogens is 2. The van der Waals surface area contributed by atoms with Gasteiger partial charge >= 0.3 is 0 Å². The van der Waals surface area contributed by atoms with Gasteiger partial charge in [0.1, 0.15) is 12.1 Å². The molecule has 1 aliphatic rings. The van der Waals surface area contributed by atoms with Gasteiger partial charge in [0, 0.05) is 18.3 Å². The van der Waals surface area contributed by atoms with E-state index in [1.54, 1.807) is 40.1 Å². The highest BCUT2D eigenvalue weighted by molar-refractivity contribution is 5.90. The number of nitrogens with zero attached hydrogens (tertiary/aromatic N) is 3. The number of aliphatic hydroxyl groups excluding tert-OH is 1. The molecule has 0 radical (unpaired) electrons. The van der Waals surface area contributed by atoms with Gasteiger partial charge in [0.25, 0.3) is 0 Å². The fourth-order valence-corrected chi connectivity index (χ4v) is 4.95. The minimum absolute atomic E-state index is 0.00274. The lowest BCUT2D eigenvalue weighted by atomic mass is 10.00. The molecule has 196 valence electrons. The Morgan fingerprint density at radius 3 is 2.51 bits per heavy atom. The van der Waals surface area contributed by atoms with Gasteiger partial charge in [-0.25, -0.2) is 13.8 Å². The zero-order valence-electron chi connectivity index (χ0n) is 21.2. The average molecular weight is 511 g/mol. The number of aliphatic hydroxyl groups is 1. The van der Waals surface area contributed by atoms with Crippen molar-refractivity contribution >= 4 is 11.8 Å². The maximum atomic E-state index is 14.2. The lowest BCUT2D eigenvalue weighted by molar-refractivity contribution is -0.142. The summed E-state index contributed by atoms with van der Waals surface area (Å²) in [5.41, 5.74) is 2.03. The van der Waals surface area contributed by atoms with Crippen LogP contribution in [0.15, 0.2) is 55.0 Å². The van der Waals surface area contributed by atoms with Crippen LogP contribution in [0.2, 0.25) is 0 Å². The minimum atomic E-state index is -0.932. The third kappa shape index (κ3) is 5.56. The summed E-state index contributed by atoms with van der Waals surface area (Å²) >= 11 is 0. The Morgan fingerprint density at radius 1 is 1.16 bits per heavy atom. The Morgan fingerprint density at radius 2 is 1.89 bits per heavy atom. The molecule has 0 aliphatic carbocycles. The van der Waals surface area contributed by atoms with E-state index >= 15 is 0 Å². The van der Waals surface area contributed by atoms with Gasteiger partial charge in [-0.2, -0.15) is 0 Å².